The van der Waals surface area contributed by atoms with Gasteiger partial charge in [-0.15, -0.1) is 11.8 Å². The van der Waals surface area contributed by atoms with Crippen molar-refractivity contribution in [2.45, 2.75) is 17.8 Å². The molecule has 23 heavy (non-hydrogen) atoms. The van der Waals surface area contributed by atoms with Gasteiger partial charge in [0, 0.05) is 18.8 Å². The van der Waals surface area contributed by atoms with Crippen molar-refractivity contribution in [3.05, 3.63) is 47.0 Å². The number of hydrogen-bond acceptors (Lipinski definition) is 4. The van der Waals surface area contributed by atoms with E-state index >= 15 is 0 Å². The number of thioether (sulfide) groups is 1. The molecule has 2 aliphatic heterocycles. The number of hydrogen-bond donors (Lipinski definition) is 1. The molecule has 3 rings (SSSR count). The molecule has 0 aliphatic carbocycles. The lowest BCUT2D eigenvalue weighted by Crippen LogP contribution is -2.41. The molecular weight excluding hydrogens is 324 g/mol. The summed E-state index contributed by atoms with van der Waals surface area (Å²) in [5.41, 5.74) is 5.59. The molecule has 0 aromatic heterocycles. The van der Waals surface area contributed by atoms with E-state index in [2.05, 4.69) is 0 Å². The minimum absolute atomic E-state index is 0.112. The molecule has 2 aliphatic rings. The molecule has 1 unspecified atom stereocenters. The smallest absolute Gasteiger partial charge is 0.245 e. The number of rotatable bonds is 4. The van der Waals surface area contributed by atoms with Gasteiger partial charge in [-0.25, -0.2) is 8.78 Å². The SMILES string of the molecule is NC(=O)CN1CCC(N2C=CS[C@H]2c2cc(F)cc(F)c2)C1=O. The average Bonchev–Trinajstić information content (AvgIpc) is 3.05. The molecule has 2 amide bonds. The third kappa shape index (κ3) is 3.17. The topological polar surface area (TPSA) is 66.6 Å². The predicted octanol–water partition coefficient (Wildman–Crippen LogP) is 1.57. The van der Waals surface area contributed by atoms with Gasteiger partial charge in [0.25, 0.3) is 0 Å². The van der Waals surface area contributed by atoms with Crippen molar-refractivity contribution in [2.24, 2.45) is 5.73 Å². The summed E-state index contributed by atoms with van der Waals surface area (Å²) in [6.45, 7) is 0.324. The minimum atomic E-state index is -0.652. The zero-order chi connectivity index (χ0) is 16.6. The van der Waals surface area contributed by atoms with Crippen molar-refractivity contribution in [2.75, 3.05) is 13.1 Å². The first-order chi connectivity index (χ1) is 11.0. The van der Waals surface area contributed by atoms with Gasteiger partial charge in [-0.2, -0.15) is 0 Å². The van der Waals surface area contributed by atoms with Crippen molar-refractivity contribution in [3.8, 4) is 0 Å². The van der Waals surface area contributed by atoms with Crippen LogP contribution in [0.25, 0.3) is 0 Å². The van der Waals surface area contributed by atoms with Crippen LogP contribution in [0.2, 0.25) is 0 Å². The van der Waals surface area contributed by atoms with E-state index in [9.17, 15) is 18.4 Å². The van der Waals surface area contributed by atoms with Gasteiger partial charge in [-0.05, 0) is 29.5 Å². The second-order valence-electron chi connectivity index (χ2n) is 5.45. The maximum Gasteiger partial charge on any atom is 0.245 e. The van der Waals surface area contributed by atoms with Crippen LogP contribution < -0.4 is 5.73 Å². The summed E-state index contributed by atoms with van der Waals surface area (Å²) in [4.78, 5) is 26.6. The van der Waals surface area contributed by atoms with Crippen LogP contribution >= 0.6 is 11.8 Å². The number of benzene rings is 1. The Balaban J connectivity index is 1.80. The number of primary amides is 1. The van der Waals surface area contributed by atoms with Gasteiger partial charge >= 0.3 is 0 Å². The summed E-state index contributed by atoms with van der Waals surface area (Å²) in [7, 11) is 0. The molecule has 8 heteroatoms. The zero-order valence-corrected chi connectivity index (χ0v) is 12.9. The number of carbonyl (C=O) groups excluding carboxylic acids is 2. The van der Waals surface area contributed by atoms with Gasteiger partial charge in [-0.1, -0.05) is 0 Å². The number of nitrogens with zero attached hydrogens (tertiary/aromatic N) is 2. The number of amides is 2. The number of halogens is 2. The molecule has 1 aromatic rings. The molecule has 2 atom stereocenters. The van der Waals surface area contributed by atoms with Gasteiger partial charge in [0.15, 0.2) is 0 Å². The van der Waals surface area contributed by atoms with Crippen molar-refractivity contribution in [1.29, 1.82) is 0 Å². The number of nitrogens with two attached hydrogens (primary N) is 1. The summed E-state index contributed by atoms with van der Waals surface area (Å²) < 4.78 is 26.9. The highest BCUT2D eigenvalue weighted by Crippen LogP contribution is 2.42. The standard InChI is InChI=1S/C15H15F2N3O2S/c16-10-5-9(6-11(17)7-10)15-20(3-4-23-15)12-1-2-19(14(12)22)8-13(18)21/h3-7,12,15H,1-2,8H2,(H2,18,21)/t12?,15-/m0/s1. The second kappa shape index (κ2) is 6.19. The summed E-state index contributed by atoms with van der Waals surface area (Å²) in [6, 6.07) is 2.88. The van der Waals surface area contributed by atoms with Crippen LogP contribution in [0.3, 0.4) is 0 Å². The van der Waals surface area contributed by atoms with Crippen LogP contribution in [0, 0.1) is 11.6 Å². The van der Waals surface area contributed by atoms with Gasteiger partial charge in [0.1, 0.15) is 23.1 Å². The summed E-state index contributed by atoms with van der Waals surface area (Å²) in [5.74, 6) is -2.06. The first-order valence-corrected chi connectivity index (χ1v) is 8.02. The molecule has 0 spiro atoms. The maximum atomic E-state index is 13.5. The Labute approximate surface area is 136 Å². The normalized spacial score (nSPS) is 23.8. The van der Waals surface area contributed by atoms with Crippen molar-refractivity contribution in [3.63, 3.8) is 0 Å². The molecule has 0 bridgehead atoms. The highest BCUT2D eigenvalue weighted by Gasteiger charge is 2.40. The van der Waals surface area contributed by atoms with E-state index in [4.69, 9.17) is 5.73 Å². The molecule has 2 heterocycles. The lowest BCUT2D eigenvalue weighted by Gasteiger charge is -2.30. The first-order valence-electron chi connectivity index (χ1n) is 7.08. The van der Waals surface area contributed by atoms with Crippen LogP contribution in [0.15, 0.2) is 29.8 Å². The molecule has 2 N–H and O–H groups in total. The Hall–Kier alpha value is -2.09. The van der Waals surface area contributed by atoms with Crippen LogP contribution in [-0.4, -0.2) is 40.7 Å². The largest absolute Gasteiger partial charge is 0.368 e. The predicted molar refractivity (Wildman–Crippen MR) is 81.8 cm³/mol. The fraction of sp³-hybridized carbons (Fsp3) is 0.333. The fourth-order valence-corrected chi connectivity index (χ4v) is 3.92. The molecule has 1 fully saturated rings. The Kier molecular flexibility index (Phi) is 4.25. The second-order valence-corrected chi connectivity index (χ2v) is 6.45. The van der Waals surface area contributed by atoms with Crippen LogP contribution in [0.1, 0.15) is 17.4 Å². The molecule has 0 saturated carbocycles. The molecular formula is C15H15F2N3O2S. The maximum absolute atomic E-state index is 13.5. The van der Waals surface area contributed by atoms with E-state index in [-0.39, 0.29) is 17.8 Å². The highest BCUT2D eigenvalue weighted by molar-refractivity contribution is 8.02. The third-order valence-corrected chi connectivity index (χ3v) is 4.91. The van der Waals surface area contributed by atoms with E-state index in [0.29, 0.717) is 18.5 Å². The lowest BCUT2D eigenvalue weighted by molar-refractivity contribution is -0.134. The zero-order valence-electron chi connectivity index (χ0n) is 12.1. The Morgan fingerprint density at radius 3 is 2.65 bits per heavy atom. The number of likely N-dealkylation sites (tertiary alicyclic amines) is 1. The van der Waals surface area contributed by atoms with Crippen molar-refractivity contribution >= 4 is 23.6 Å². The van der Waals surface area contributed by atoms with Gasteiger partial charge in [-0.3, -0.25) is 9.59 Å². The molecule has 1 saturated heterocycles. The number of carbonyl (C=O) groups is 2. The van der Waals surface area contributed by atoms with Crippen molar-refractivity contribution < 1.29 is 18.4 Å². The monoisotopic (exact) mass is 339 g/mol. The Morgan fingerprint density at radius 2 is 2.00 bits per heavy atom. The highest BCUT2D eigenvalue weighted by atomic mass is 32.2. The van der Waals surface area contributed by atoms with Gasteiger partial charge < -0.3 is 15.5 Å². The average molecular weight is 339 g/mol. The molecule has 0 radical (unpaired) electrons. The Bertz CT molecular complexity index is 662. The quantitative estimate of drug-likeness (QED) is 0.904. The summed E-state index contributed by atoms with van der Waals surface area (Å²) >= 11 is 1.37. The van der Waals surface area contributed by atoms with Crippen LogP contribution in [0.4, 0.5) is 8.78 Å². The first kappa shape index (κ1) is 15.8. The fourth-order valence-electron chi connectivity index (χ4n) is 2.91. The minimum Gasteiger partial charge on any atom is -0.368 e. The van der Waals surface area contributed by atoms with Crippen LogP contribution in [0.5, 0.6) is 0 Å². The summed E-state index contributed by atoms with van der Waals surface area (Å²) in [6.07, 6.45) is 2.28. The van der Waals surface area contributed by atoms with Gasteiger partial charge in [0.2, 0.25) is 11.8 Å². The van der Waals surface area contributed by atoms with E-state index in [0.717, 1.165) is 6.07 Å². The molecule has 1 aromatic carbocycles. The van der Waals surface area contributed by atoms with Crippen LogP contribution in [-0.2, 0) is 9.59 Å². The Morgan fingerprint density at radius 1 is 1.30 bits per heavy atom. The third-order valence-electron chi connectivity index (χ3n) is 3.86. The van der Waals surface area contributed by atoms with Crippen molar-refractivity contribution in [1.82, 2.24) is 9.80 Å². The van der Waals surface area contributed by atoms with E-state index in [1.807, 2.05) is 0 Å². The molecule has 122 valence electrons. The van der Waals surface area contributed by atoms with E-state index < -0.39 is 23.6 Å². The molecule has 5 nitrogen and oxygen atoms in total. The van der Waals surface area contributed by atoms with E-state index in [1.54, 1.807) is 16.5 Å². The van der Waals surface area contributed by atoms with Gasteiger partial charge in [0.05, 0.1) is 6.54 Å². The summed E-state index contributed by atoms with van der Waals surface area (Å²) in [5, 5.41) is 1.42. The lowest BCUT2D eigenvalue weighted by atomic mass is 10.1. The van der Waals surface area contributed by atoms with E-state index in [1.165, 1.54) is 28.8 Å².